The Labute approximate surface area is 248 Å². The van der Waals surface area contributed by atoms with Crippen LogP contribution in [-0.2, 0) is 27.3 Å². The van der Waals surface area contributed by atoms with Crippen molar-refractivity contribution in [2.45, 2.75) is 52.0 Å². The second-order valence-electron chi connectivity index (χ2n) is 10.0. The highest BCUT2D eigenvalue weighted by Crippen LogP contribution is 2.32. The van der Waals surface area contributed by atoms with Gasteiger partial charge in [0.05, 0.1) is 19.1 Å². The summed E-state index contributed by atoms with van der Waals surface area (Å²) in [5.41, 5.74) is 3.05. The van der Waals surface area contributed by atoms with E-state index in [4.69, 9.17) is 0 Å². The summed E-state index contributed by atoms with van der Waals surface area (Å²) in [6.07, 6.45) is 0.448. The molecule has 0 spiro atoms. The Balaban J connectivity index is 0.000000373. The summed E-state index contributed by atoms with van der Waals surface area (Å²) in [4.78, 5) is 41.7. The number of piperazine rings is 1. The van der Waals surface area contributed by atoms with Crippen molar-refractivity contribution in [3.8, 4) is 0 Å². The second-order valence-corrected chi connectivity index (χ2v) is 10.0. The lowest BCUT2D eigenvalue weighted by Gasteiger charge is -2.54. The highest BCUT2D eigenvalue weighted by Gasteiger charge is 2.49. The first-order valence-corrected chi connectivity index (χ1v) is 14.4. The quantitative estimate of drug-likeness (QED) is 0.427. The van der Waals surface area contributed by atoms with E-state index in [1.165, 1.54) is 22.7 Å². The maximum Gasteiger partial charge on any atom is 0.246 e. The Morgan fingerprint density at radius 1 is 0.929 bits per heavy atom. The van der Waals surface area contributed by atoms with Gasteiger partial charge in [-0.2, -0.15) is 0 Å². The Kier molecular flexibility index (Phi) is 12.2. The second kappa shape index (κ2) is 15.8. The lowest BCUT2D eigenvalue weighted by Crippen LogP contribution is -2.74. The van der Waals surface area contributed by atoms with Crippen molar-refractivity contribution in [2.24, 2.45) is 0 Å². The van der Waals surface area contributed by atoms with Crippen molar-refractivity contribution in [2.75, 3.05) is 27.2 Å². The maximum absolute atomic E-state index is 13.6. The normalized spacial score (nSPS) is 19.1. The van der Waals surface area contributed by atoms with Gasteiger partial charge < -0.3 is 15.1 Å². The number of hydrazine groups is 1. The zero-order valence-corrected chi connectivity index (χ0v) is 25.1. The lowest BCUT2D eigenvalue weighted by molar-refractivity contribution is -0.198. The van der Waals surface area contributed by atoms with Crippen LogP contribution >= 0.6 is 0 Å². The van der Waals surface area contributed by atoms with E-state index >= 15 is 0 Å². The zero-order chi connectivity index (χ0) is 30.6. The van der Waals surface area contributed by atoms with Crippen LogP contribution in [0.25, 0.3) is 0 Å². The predicted octanol–water partition coefficient (Wildman–Crippen LogP) is 4.25. The summed E-state index contributed by atoms with van der Waals surface area (Å²) >= 11 is 0. The molecule has 3 amide bonds. The standard InChI is InChI=1S/C23H25FN4O3.C8H11N.C2H6/c1-16(18-8-10-19(24)11-9-18)26-13-21-27(15-29)25(2)14-22(30)28(21)20(23(26)31)12-17-6-4-3-5-7-17;1-9-7-8-5-3-2-4-6-8;1-2/h3-11,15-16,20-21H,12-14H2,1-2H3;2-6,9H,7H2,1H3;1-2H3/t16?,20-,21?;;/m0../s1. The van der Waals surface area contributed by atoms with E-state index in [1.807, 2.05) is 76.3 Å². The van der Waals surface area contributed by atoms with Gasteiger partial charge in [0.15, 0.2) is 0 Å². The number of nitrogens with zero attached hydrogens (tertiary/aromatic N) is 4. The van der Waals surface area contributed by atoms with Crippen LogP contribution in [0, 0.1) is 5.82 Å². The topological polar surface area (TPSA) is 76.2 Å². The highest BCUT2D eigenvalue weighted by molar-refractivity contribution is 5.91. The zero-order valence-electron chi connectivity index (χ0n) is 25.1. The first-order valence-electron chi connectivity index (χ1n) is 14.4. The molecule has 3 aromatic rings. The van der Waals surface area contributed by atoms with Crippen LogP contribution < -0.4 is 5.32 Å². The van der Waals surface area contributed by atoms with Crippen LogP contribution in [0.4, 0.5) is 4.39 Å². The van der Waals surface area contributed by atoms with Gasteiger partial charge in [-0.25, -0.2) is 9.40 Å². The molecule has 2 fully saturated rings. The maximum atomic E-state index is 13.6. The van der Waals surface area contributed by atoms with Gasteiger partial charge in [0, 0.05) is 20.0 Å². The fourth-order valence-electron chi connectivity index (χ4n) is 5.25. The molecule has 0 bridgehead atoms. The number of nitrogens with one attached hydrogen (secondary N) is 1. The van der Waals surface area contributed by atoms with Gasteiger partial charge in [0.1, 0.15) is 18.0 Å². The van der Waals surface area contributed by atoms with Crippen molar-refractivity contribution >= 4 is 18.2 Å². The van der Waals surface area contributed by atoms with Crippen LogP contribution in [0.2, 0.25) is 0 Å². The molecular weight excluding hydrogens is 533 g/mol. The van der Waals surface area contributed by atoms with E-state index in [0.29, 0.717) is 12.8 Å². The van der Waals surface area contributed by atoms with Gasteiger partial charge in [0.25, 0.3) is 0 Å². The third-order valence-electron chi connectivity index (χ3n) is 7.36. The van der Waals surface area contributed by atoms with Crippen molar-refractivity contribution in [1.82, 2.24) is 25.1 Å². The molecule has 0 aromatic heterocycles. The molecule has 3 atom stereocenters. The third kappa shape index (κ3) is 7.80. The molecule has 0 radical (unpaired) electrons. The molecule has 3 aromatic carbocycles. The lowest BCUT2D eigenvalue weighted by atomic mass is 9.96. The average Bonchev–Trinajstić information content (AvgIpc) is 3.01. The SMILES string of the molecule is CC.CC(c1ccc(F)cc1)N1CC2N(C(=O)CN(C)N2C=O)[C@@H](Cc2ccccc2)C1=O.CNCc1ccccc1. The molecule has 5 rings (SSSR count). The fraction of sp³-hybridized carbons (Fsp3) is 0.364. The van der Waals surface area contributed by atoms with Crippen molar-refractivity contribution in [3.63, 3.8) is 0 Å². The van der Waals surface area contributed by atoms with Gasteiger partial charge in [-0.05, 0) is 42.8 Å². The van der Waals surface area contributed by atoms with Gasteiger partial charge in [-0.1, -0.05) is 86.6 Å². The van der Waals surface area contributed by atoms with Gasteiger partial charge in [0.2, 0.25) is 18.2 Å². The molecule has 0 saturated carbocycles. The number of hydrogen-bond donors (Lipinski definition) is 1. The Bertz CT molecular complexity index is 1280. The van der Waals surface area contributed by atoms with E-state index in [-0.39, 0.29) is 36.8 Å². The Morgan fingerprint density at radius 3 is 2.05 bits per heavy atom. The highest BCUT2D eigenvalue weighted by atomic mass is 19.1. The number of rotatable bonds is 7. The number of hydrogen-bond acceptors (Lipinski definition) is 5. The average molecular weight is 576 g/mol. The van der Waals surface area contributed by atoms with Crippen molar-refractivity contribution < 1.29 is 18.8 Å². The first kappa shape index (κ1) is 32.4. The van der Waals surface area contributed by atoms with Gasteiger partial charge >= 0.3 is 0 Å². The minimum atomic E-state index is -0.729. The number of fused-ring (bicyclic) bond motifs is 1. The number of carbonyl (C=O) groups excluding carboxylic acids is 3. The van der Waals surface area contributed by atoms with Crippen LogP contribution in [-0.4, -0.2) is 77.4 Å². The van der Waals surface area contributed by atoms with E-state index in [9.17, 15) is 18.8 Å². The summed E-state index contributed by atoms with van der Waals surface area (Å²) in [5.74, 6) is -0.713. The summed E-state index contributed by atoms with van der Waals surface area (Å²) in [5, 5.41) is 6.13. The van der Waals surface area contributed by atoms with Gasteiger partial charge in [-0.3, -0.25) is 19.4 Å². The molecule has 2 aliphatic rings. The molecule has 9 heteroatoms. The third-order valence-corrected chi connectivity index (χ3v) is 7.36. The molecule has 1 N–H and O–H groups in total. The largest absolute Gasteiger partial charge is 0.330 e. The van der Waals surface area contributed by atoms with E-state index in [1.54, 1.807) is 34.0 Å². The first-order chi connectivity index (χ1) is 20.3. The molecular formula is C33H42FN5O3. The minimum Gasteiger partial charge on any atom is -0.330 e. The number of halogens is 1. The number of benzene rings is 3. The smallest absolute Gasteiger partial charge is 0.246 e. The summed E-state index contributed by atoms with van der Waals surface area (Å²) < 4.78 is 13.4. The molecule has 224 valence electrons. The van der Waals surface area contributed by atoms with Crippen molar-refractivity contribution in [3.05, 3.63) is 107 Å². The van der Waals surface area contributed by atoms with Crippen LogP contribution in [0.1, 0.15) is 43.5 Å². The monoisotopic (exact) mass is 575 g/mol. The summed E-state index contributed by atoms with van der Waals surface area (Å²) in [6.45, 7) is 7.04. The number of carbonyl (C=O) groups is 3. The molecule has 2 unspecified atom stereocenters. The Hall–Kier alpha value is -4.08. The molecule has 2 heterocycles. The molecule has 2 saturated heterocycles. The van der Waals surface area contributed by atoms with Crippen LogP contribution in [0.15, 0.2) is 84.9 Å². The van der Waals surface area contributed by atoms with E-state index < -0.39 is 12.2 Å². The molecule has 0 aliphatic carbocycles. The van der Waals surface area contributed by atoms with Crippen molar-refractivity contribution in [1.29, 1.82) is 0 Å². The van der Waals surface area contributed by atoms with E-state index in [0.717, 1.165) is 17.7 Å². The van der Waals surface area contributed by atoms with Gasteiger partial charge in [-0.15, -0.1) is 0 Å². The Morgan fingerprint density at radius 2 is 1.50 bits per heavy atom. The minimum absolute atomic E-state index is 0.0291. The molecule has 8 nitrogen and oxygen atoms in total. The van der Waals surface area contributed by atoms with Crippen LogP contribution in [0.5, 0.6) is 0 Å². The number of amides is 3. The van der Waals surface area contributed by atoms with E-state index in [2.05, 4.69) is 17.4 Å². The summed E-state index contributed by atoms with van der Waals surface area (Å²) in [7, 11) is 3.63. The molecule has 42 heavy (non-hydrogen) atoms. The number of likely N-dealkylation sites (N-methyl/N-ethyl adjacent to an activating group) is 1. The fourth-order valence-corrected chi connectivity index (χ4v) is 5.25. The van der Waals surface area contributed by atoms with Crippen LogP contribution in [0.3, 0.4) is 0 Å². The predicted molar refractivity (Wildman–Crippen MR) is 162 cm³/mol. The summed E-state index contributed by atoms with van der Waals surface area (Å²) in [6, 6.07) is 24.8. The molecule has 2 aliphatic heterocycles.